The molecule has 18 heavy (non-hydrogen) atoms. The second-order valence-electron chi connectivity index (χ2n) is 4.01. The van der Waals surface area contributed by atoms with Crippen molar-refractivity contribution in [2.24, 2.45) is 10.2 Å². The first kappa shape index (κ1) is 12.2. The molecule has 1 atom stereocenters. The summed E-state index contributed by atoms with van der Waals surface area (Å²) in [4.78, 5) is 23.9. The molecule has 0 saturated carbocycles. The second kappa shape index (κ2) is 5.39. The number of carbonyl (C=O) groups is 2. The number of azo groups is 1. The van der Waals surface area contributed by atoms with Crippen molar-refractivity contribution in [2.45, 2.75) is 18.9 Å². The minimum Gasteiger partial charge on any atom is -0.480 e. The molecule has 2 amide bonds. The monoisotopic (exact) mass is 247 g/mol. The van der Waals surface area contributed by atoms with Crippen LogP contribution in [0.4, 0.5) is 10.5 Å². The zero-order valence-electron chi connectivity index (χ0n) is 9.69. The van der Waals surface area contributed by atoms with Crippen LogP contribution in [-0.2, 0) is 4.79 Å². The molecule has 1 N–H and O–H groups in total. The molecule has 1 saturated heterocycles. The summed E-state index contributed by atoms with van der Waals surface area (Å²) in [5.41, 5.74) is 0.567. The molecule has 0 aromatic heterocycles. The lowest BCUT2D eigenvalue weighted by Gasteiger charge is -2.17. The van der Waals surface area contributed by atoms with E-state index in [9.17, 15) is 9.59 Å². The molecule has 0 bridgehead atoms. The van der Waals surface area contributed by atoms with E-state index >= 15 is 0 Å². The average molecular weight is 247 g/mol. The highest BCUT2D eigenvalue weighted by Gasteiger charge is 2.33. The smallest absolute Gasteiger partial charge is 0.362 e. The van der Waals surface area contributed by atoms with Gasteiger partial charge in [-0.1, -0.05) is 23.3 Å². The van der Waals surface area contributed by atoms with Gasteiger partial charge in [0.1, 0.15) is 6.04 Å². The van der Waals surface area contributed by atoms with Gasteiger partial charge in [0.05, 0.1) is 5.69 Å². The van der Waals surface area contributed by atoms with Crippen molar-refractivity contribution >= 4 is 17.7 Å². The molecule has 0 unspecified atom stereocenters. The number of carboxylic acid groups (broad SMARTS) is 1. The largest absolute Gasteiger partial charge is 0.480 e. The lowest BCUT2D eigenvalue weighted by molar-refractivity contribution is -0.141. The Morgan fingerprint density at radius 1 is 1.28 bits per heavy atom. The number of hydrogen-bond acceptors (Lipinski definition) is 3. The van der Waals surface area contributed by atoms with Gasteiger partial charge in [-0.05, 0) is 25.0 Å². The van der Waals surface area contributed by atoms with Gasteiger partial charge in [-0.15, -0.1) is 5.11 Å². The van der Waals surface area contributed by atoms with E-state index in [1.165, 1.54) is 4.90 Å². The molecule has 1 aromatic carbocycles. The van der Waals surface area contributed by atoms with Gasteiger partial charge in [0, 0.05) is 6.54 Å². The molecule has 0 aliphatic carbocycles. The second-order valence-corrected chi connectivity index (χ2v) is 4.01. The van der Waals surface area contributed by atoms with Crippen LogP contribution in [0, 0.1) is 0 Å². The van der Waals surface area contributed by atoms with Crippen LogP contribution in [0.1, 0.15) is 12.8 Å². The quantitative estimate of drug-likeness (QED) is 0.815. The van der Waals surface area contributed by atoms with Crippen molar-refractivity contribution in [3.63, 3.8) is 0 Å². The number of carboxylic acids is 1. The fourth-order valence-electron chi connectivity index (χ4n) is 1.91. The summed E-state index contributed by atoms with van der Waals surface area (Å²) in [6.07, 6.45) is 1.16. The molecule has 6 heteroatoms. The summed E-state index contributed by atoms with van der Waals surface area (Å²) >= 11 is 0. The van der Waals surface area contributed by atoms with E-state index in [1.54, 1.807) is 24.3 Å². The third-order valence-corrected chi connectivity index (χ3v) is 2.79. The molecule has 6 nitrogen and oxygen atoms in total. The highest BCUT2D eigenvalue weighted by Crippen LogP contribution is 2.19. The SMILES string of the molecule is O=C(O)[C@H]1CCCN1C(=O)N=Nc1ccccc1. The maximum absolute atomic E-state index is 11.7. The van der Waals surface area contributed by atoms with Crippen molar-refractivity contribution < 1.29 is 14.7 Å². The summed E-state index contributed by atoms with van der Waals surface area (Å²) in [6.45, 7) is 0.420. The number of amides is 2. The van der Waals surface area contributed by atoms with Crippen LogP contribution >= 0.6 is 0 Å². The molecular formula is C12H13N3O3. The van der Waals surface area contributed by atoms with Crippen LogP contribution in [0.5, 0.6) is 0 Å². The molecule has 1 aromatic rings. The maximum Gasteiger partial charge on any atom is 0.362 e. The van der Waals surface area contributed by atoms with E-state index < -0.39 is 18.0 Å². The number of nitrogens with zero attached hydrogens (tertiary/aromatic N) is 3. The summed E-state index contributed by atoms with van der Waals surface area (Å²) in [5.74, 6) is -0.990. The van der Waals surface area contributed by atoms with Gasteiger partial charge in [-0.3, -0.25) is 0 Å². The summed E-state index contributed by atoms with van der Waals surface area (Å²) < 4.78 is 0. The maximum atomic E-state index is 11.7. The molecule has 1 aliphatic rings. The minimum absolute atomic E-state index is 0.420. The molecule has 2 rings (SSSR count). The molecule has 1 heterocycles. The van der Waals surface area contributed by atoms with E-state index in [2.05, 4.69) is 10.2 Å². The van der Waals surface area contributed by atoms with Gasteiger partial charge in [-0.2, -0.15) is 0 Å². The normalized spacial score (nSPS) is 19.3. The number of rotatable bonds is 2. The zero-order chi connectivity index (χ0) is 13.0. The fraction of sp³-hybridized carbons (Fsp3) is 0.333. The zero-order valence-corrected chi connectivity index (χ0v) is 9.69. The highest BCUT2D eigenvalue weighted by atomic mass is 16.4. The number of benzene rings is 1. The van der Waals surface area contributed by atoms with Gasteiger partial charge < -0.3 is 10.0 Å². The molecule has 0 spiro atoms. The Morgan fingerprint density at radius 3 is 2.67 bits per heavy atom. The fourth-order valence-corrected chi connectivity index (χ4v) is 1.91. The summed E-state index contributed by atoms with van der Waals surface area (Å²) in [6, 6.07) is 7.48. The number of likely N-dealkylation sites (tertiary alicyclic amines) is 1. The average Bonchev–Trinajstić information content (AvgIpc) is 2.86. The third kappa shape index (κ3) is 2.71. The summed E-state index contributed by atoms with van der Waals surface area (Å²) in [7, 11) is 0. The topological polar surface area (TPSA) is 82.3 Å². The first-order valence-electron chi connectivity index (χ1n) is 5.68. The molecular weight excluding hydrogens is 234 g/mol. The summed E-state index contributed by atoms with van der Waals surface area (Å²) in [5, 5.41) is 16.3. The Morgan fingerprint density at radius 2 is 2.00 bits per heavy atom. The van der Waals surface area contributed by atoms with Crippen LogP contribution in [0.15, 0.2) is 40.6 Å². The van der Waals surface area contributed by atoms with Crippen LogP contribution in [0.3, 0.4) is 0 Å². The number of urea groups is 1. The van der Waals surface area contributed by atoms with Gasteiger partial charge in [-0.25, -0.2) is 9.59 Å². The Bertz CT molecular complexity index is 473. The lowest BCUT2D eigenvalue weighted by atomic mass is 10.2. The van der Waals surface area contributed by atoms with E-state index in [1.807, 2.05) is 6.07 Å². The van der Waals surface area contributed by atoms with E-state index in [4.69, 9.17) is 5.11 Å². The Labute approximate surface area is 104 Å². The number of hydrogen-bond donors (Lipinski definition) is 1. The third-order valence-electron chi connectivity index (χ3n) is 2.79. The predicted molar refractivity (Wildman–Crippen MR) is 63.7 cm³/mol. The van der Waals surface area contributed by atoms with E-state index in [-0.39, 0.29) is 0 Å². The van der Waals surface area contributed by atoms with Gasteiger partial charge in [0.25, 0.3) is 0 Å². The van der Waals surface area contributed by atoms with Crippen molar-refractivity contribution in [1.29, 1.82) is 0 Å². The first-order chi connectivity index (χ1) is 8.68. The van der Waals surface area contributed by atoms with Gasteiger partial charge in [0.15, 0.2) is 0 Å². The highest BCUT2D eigenvalue weighted by molar-refractivity contribution is 5.83. The van der Waals surface area contributed by atoms with Crippen LogP contribution in [0.2, 0.25) is 0 Å². The van der Waals surface area contributed by atoms with Crippen molar-refractivity contribution in [1.82, 2.24) is 4.90 Å². The van der Waals surface area contributed by atoms with E-state index in [0.29, 0.717) is 25.1 Å². The first-order valence-corrected chi connectivity index (χ1v) is 5.68. The van der Waals surface area contributed by atoms with Crippen LogP contribution in [0.25, 0.3) is 0 Å². The van der Waals surface area contributed by atoms with Gasteiger partial charge in [0.2, 0.25) is 0 Å². The van der Waals surface area contributed by atoms with Crippen LogP contribution < -0.4 is 0 Å². The van der Waals surface area contributed by atoms with Gasteiger partial charge >= 0.3 is 12.0 Å². The Balaban J connectivity index is 2.04. The molecule has 94 valence electrons. The number of carbonyl (C=O) groups excluding carboxylic acids is 1. The number of aliphatic carboxylic acids is 1. The lowest BCUT2D eigenvalue weighted by Crippen LogP contribution is -2.38. The molecule has 1 aliphatic heterocycles. The van der Waals surface area contributed by atoms with Crippen LogP contribution in [-0.4, -0.2) is 34.6 Å². The van der Waals surface area contributed by atoms with E-state index in [0.717, 1.165) is 0 Å². The van der Waals surface area contributed by atoms with Crippen molar-refractivity contribution in [3.8, 4) is 0 Å². The van der Waals surface area contributed by atoms with Crippen molar-refractivity contribution in [3.05, 3.63) is 30.3 Å². The standard InChI is InChI=1S/C12H13N3O3/c16-11(17)10-7-4-8-15(10)12(18)14-13-9-5-2-1-3-6-9/h1-3,5-6,10H,4,7-8H2,(H,16,17)/t10-/m1/s1. The Kier molecular flexibility index (Phi) is 3.66. The predicted octanol–water partition coefficient (Wildman–Crippen LogP) is 2.44. The molecule has 0 radical (unpaired) electrons. The van der Waals surface area contributed by atoms with Crippen molar-refractivity contribution in [2.75, 3.05) is 6.54 Å². The minimum atomic E-state index is -0.990. The Hall–Kier alpha value is -2.24. The molecule has 1 fully saturated rings.